The molecular formula is C19H24N2O3S. The Morgan fingerprint density at radius 1 is 0.960 bits per heavy atom. The second kappa shape index (κ2) is 6.98. The molecule has 0 bridgehead atoms. The van der Waals surface area contributed by atoms with Crippen molar-refractivity contribution in [3.63, 3.8) is 0 Å². The monoisotopic (exact) mass is 360 g/mol. The van der Waals surface area contributed by atoms with Crippen molar-refractivity contribution in [1.29, 1.82) is 0 Å². The van der Waals surface area contributed by atoms with Crippen molar-refractivity contribution in [3.8, 4) is 0 Å². The average molecular weight is 360 g/mol. The summed E-state index contributed by atoms with van der Waals surface area (Å²) < 4.78 is 26.2. The fourth-order valence-corrected chi connectivity index (χ4v) is 3.72. The van der Waals surface area contributed by atoms with Gasteiger partial charge in [0.15, 0.2) is 0 Å². The van der Waals surface area contributed by atoms with Gasteiger partial charge in [0.2, 0.25) is 10.0 Å². The standard InChI is InChI=1S/C19H24N2O3S/c1-12-8-7-9-17(14(12)3)20-19(22)16-10-13(2)15(4)18(11-16)25(23,24)21(5)6/h7-11H,1-6H3,(H,20,22). The Bertz CT molecular complexity index is 932. The van der Waals surface area contributed by atoms with E-state index in [9.17, 15) is 13.2 Å². The second-order valence-corrected chi connectivity index (χ2v) is 8.53. The van der Waals surface area contributed by atoms with Gasteiger partial charge in [-0.2, -0.15) is 0 Å². The lowest BCUT2D eigenvalue weighted by Gasteiger charge is -2.17. The molecule has 0 aromatic heterocycles. The molecule has 0 aliphatic carbocycles. The van der Waals surface area contributed by atoms with Crippen LogP contribution >= 0.6 is 0 Å². The minimum absolute atomic E-state index is 0.156. The van der Waals surface area contributed by atoms with Crippen molar-refractivity contribution >= 4 is 21.6 Å². The van der Waals surface area contributed by atoms with Crippen LogP contribution in [0.25, 0.3) is 0 Å². The van der Waals surface area contributed by atoms with Crippen LogP contribution in [0, 0.1) is 27.7 Å². The number of aryl methyl sites for hydroxylation is 2. The highest BCUT2D eigenvalue weighted by Crippen LogP contribution is 2.25. The van der Waals surface area contributed by atoms with E-state index >= 15 is 0 Å². The molecule has 0 saturated heterocycles. The normalized spacial score (nSPS) is 11.6. The van der Waals surface area contributed by atoms with Crippen molar-refractivity contribution in [2.45, 2.75) is 32.6 Å². The predicted molar refractivity (Wildman–Crippen MR) is 101 cm³/mol. The highest BCUT2D eigenvalue weighted by Gasteiger charge is 2.23. The van der Waals surface area contributed by atoms with Crippen molar-refractivity contribution in [2.24, 2.45) is 0 Å². The van der Waals surface area contributed by atoms with Crippen LogP contribution < -0.4 is 5.32 Å². The molecule has 0 radical (unpaired) electrons. The third kappa shape index (κ3) is 3.75. The van der Waals surface area contributed by atoms with E-state index < -0.39 is 10.0 Å². The molecule has 0 aliphatic rings. The fourth-order valence-electron chi connectivity index (χ4n) is 2.50. The molecule has 2 rings (SSSR count). The number of benzene rings is 2. The maximum atomic E-state index is 12.7. The Morgan fingerprint density at radius 2 is 1.60 bits per heavy atom. The van der Waals surface area contributed by atoms with E-state index in [1.165, 1.54) is 20.2 Å². The molecule has 2 aromatic carbocycles. The smallest absolute Gasteiger partial charge is 0.255 e. The van der Waals surface area contributed by atoms with E-state index in [0.29, 0.717) is 11.1 Å². The lowest BCUT2D eigenvalue weighted by atomic mass is 10.0. The minimum atomic E-state index is -3.62. The molecule has 0 spiro atoms. The summed E-state index contributed by atoms with van der Waals surface area (Å²) in [6.07, 6.45) is 0. The van der Waals surface area contributed by atoms with Gasteiger partial charge in [-0.1, -0.05) is 12.1 Å². The van der Waals surface area contributed by atoms with Crippen LogP contribution in [0.15, 0.2) is 35.2 Å². The van der Waals surface area contributed by atoms with E-state index in [1.807, 2.05) is 32.0 Å². The first kappa shape index (κ1) is 19.1. The Labute approximate surface area is 149 Å². The summed E-state index contributed by atoms with van der Waals surface area (Å²) >= 11 is 0. The Hall–Kier alpha value is -2.18. The summed E-state index contributed by atoms with van der Waals surface area (Å²) in [5.41, 5.74) is 4.52. The highest BCUT2D eigenvalue weighted by atomic mass is 32.2. The number of hydrogen-bond acceptors (Lipinski definition) is 3. The summed E-state index contributed by atoms with van der Waals surface area (Å²) in [5.74, 6) is -0.327. The zero-order valence-corrected chi connectivity index (χ0v) is 16.3. The average Bonchev–Trinajstić information content (AvgIpc) is 2.53. The lowest BCUT2D eigenvalue weighted by Crippen LogP contribution is -2.24. The quantitative estimate of drug-likeness (QED) is 0.908. The van der Waals surface area contributed by atoms with Crippen molar-refractivity contribution in [1.82, 2.24) is 4.31 Å². The topological polar surface area (TPSA) is 66.5 Å². The fraction of sp³-hybridized carbons (Fsp3) is 0.316. The molecule has 1 amide bonds. The van der Waals surface area contributed by atoms with Gasteiger partial charge in [0, 0.05) is 25.3 Å². The minimum Gasteiger partial charge on any atom is -0.322 e. The molecule has 0 aliphatic heterocycles. The maximum Gasteiger partial charge on any atom is 0.255 e. The lowest BCUT2D eigenvalue weighted by molar-refractivity contribution is 0.102. The number of anilines is 1. The number of hydrogen-bond donors (Lipinski definition) is 1. The maximum absolute atomic E-state index is 12.7. The summed E-state index contributed by atoms with van der Waals surface area (Å²) in [5, 5.41) is 2.87. The van der Waals surface area contributed by atoms with Gasteiger partial charge in [-0.3, -0.25) is 4.79 Å². The Balaban J connectivity index is 2.48. The van der Waals surface area contributed by atoms with Crippen molar-refractivity contribution < 1.29 is 13.2 Å². The third-order valence-corrected chi connectivity index (χ3v) is 6.43. The van der Waals surface area contributed by atoms with Gasteiger partial charge in [0.05, 0.1) is 4.90 Å². The van der Waals surface area contributed by atoms with E-state index in [4.69, 9.17) is 0 Å². The van der Waals surface area contributed by atoms with Gasteiger partial charge in [-0.05, 0) is 68.1 Å². The largest absolute Gasteiger partial charge is 0.322 e. The van der Waals surface area contributed by atoms with Crippen LogP contribution in [0.5, 0.6) is 0 Å². The summed E-state index contributed by atoms with van der Waals surface area (Å²) in [6, 6.07) is 8.84. The zero-order valence-electron chi connectivity index (χ0n) is 15.5. The van der Waals surface area contributed by atoms with Crippen molar-refractivity contribution in [2.75, 3.05) is 19.4 Å². The zero-order chi connectivity index (χ0) is 18.9. The van der Waals surface area contributed by atoms with E-state index in [-0.39, 0.29) is 10.8 Å². The third-order valence-electron chi connectivity index (χ3n) is 4.49. The number of nitrogens with zero attached hydrogens (tertiary/aromatic N) is 1. The summed E-state index contributed by atoms with van der Waals surface area (Å²) in [4.78, 5) is 12.8. The molecule has 0 unspecified atom stereocenters. The first-order valence-electron chi connectivity index (χ1n) is 7.97. The van der Waals surface area contributed by atoms with E-state index in [2.05, 4.69) is 5.32 Å². The van der Waals surface area contributed by atoms with E-state index in [0.717, 1.165) is 26.7 Å². The highest BCUT2D eigenvalue weighted by molar-refractivity contribution is 7.89. The SMILES string of the molecule is Cc1cccc(NC(=O)c2cc(C)c(C)c(S(=O)(=O)N(C)C)c2)c1C. The van der Waals surface area contributed by atoms with Crippen LogP contribution in [0.4, 0.5) is 5.69 Å². The number of nitrogens with one attached hydrogen (secondary N) is 1. The van der Waals surface area contributed by atoms with Crippen molar-refractivity contribution in [3.05, 3.63) is 58.1 Å². The predicted octanol–water partition coefficient (Wildman–Crippen LogP) is 3.42. The van der Waals surface area contributed by atoms with Gasteiger partial charge in [-0.15, -0.1) is 0 Å². The number of sulfonamides is 1. The molecule has 134 valence electrons. The molecule has 0 heterocycles. The first-order chi connectivity index (χ1) is 11.6. The van der Waals surface area contributed by atoms with Gasteiger partial charge < -0.3 is 5.32 Å². The molecule has 0 fully saturated rings. The van der Waals surface area contributed by atoms with Gasteiger partial charge >= 0.3 is 0 Å². The van der Waals surface area contributed by atoms with Crippen LogP contribution in [-0.2, 0) is 10.0 Å². The van der Waals surface area contributed by atoms with Crippen LogP contribution in [0.1, 0.15) is 32.6 Å². The molecule has 1 N–H and O–H groups in total. The number of amides is 1. The number of rotatable bonds is 4. The summed E-state index contributed by atoms with van der Waals surface area (Å²) in [6.45, 7) is 7.47. The molecule has 2 aromatic rings. The molecule has 0 atom stereocenters. The van der Waals surface area contributed by atoms with Gasteiger partial charge in [0.25, 0.3) is 5.91 Å². The molecule has 0 saturated carbocycles. The van der Waals surface area contributed by atoms with Crippen LogP contribution in [0.2, 0.25) is 0 Å². The van der Waals surface area contributed by atoms with Gasteiger partial charge in [0.1, 0.15) is 0 Å². The van der Waals surface area contributed by atoms with E-state index in [1.54, 1.807) is 19.9 Å². The second-order valence-electron chi connectivity index (χ2n) is 6.41. The van der Waals surface area contributed by atoms with Crippen LogP contribution in [0.3, 0.4) is 0 Å². The Kier molecular flexibility index (Phi) is 5.34. The first-order valence-corrected chi connectivity index (χ1v) is 9.41. The number of carbonyl (C=O) groups is 1. The number of carbonyl (C=O) groups excluding carboxylic acids is 1. The molecular weight excluding hydrogens is 336 g/mol. The van der Waals surface area contributed by atoms with Crippen LogP contribution in [-0.4, -0.2) is 32.7 Å². The Morgan fingerprint density at radius 3 is 2.20 bits per heavy atom. The summed E-state index contributed by atoms with van der Waals surface area (Å²) in [7, 11) is -0.662. The molecule has 25 heavy (non-hydrogen) atoms. The van der Waals surface area contributed by atoms with Gasteiger partial charge in [-0.25, -0.2) is 12.7 Å². The molecule has 5 nitrogen and oxygen atoms in total. The molecule has 6 heteroatoms.